The van der Waals surface area contributed by atoms with Crippen molar-refractivity contribution in [3.63, 3.8) is 0 Å². The zero-order valence-corrected chi connectivity index (χ0v) is 17.8. The van der Waals surface area contributed by atoms with E-state index < -0.39 is 0 Å². The lowest BCUT2D eigenvalue weighted by atomic mass is 10.2. The van der Waals surface area contributed by atoms with E-state index in [2.05, 4.69) is 10.2 Å². The molecule has 8 heteroatoms. The highest BCUT2D eigenvalue weighted by Crippen LogP contribution is 2.40. The van der Waals surface area contributed by atoms with Gasteiger partial charge in [-0.15, -0.1) is 0 Å². The van der Waals surface area contributed by atoms with E-state index in [0.29, 0.717) is 19.1 Å². The van der Waals surface area contributed by atoms with Gasteiger partial charge in [0.15, 0.2) is 10.8 Å². The Morgan fingerprint density at radius 2 is 2.03 bits per heavy atom. The maximum atomic E-state index is 12.9. The Bertz CT molecular complexity index is 1050. The zero-order valence-electron chi connectivity index (χ0n) is 17.0. The predicted molar refractivity (Wildman–Crippen MR) is 117 cm³/mol. The molecule has 1 aliphatic carbocycles. The highest BCUT2D eigenvalue weighted by atomic mass is 32.1. The topological polar surface area (TPSA) is 80.2 Å². The van der Waals surface area contributed by atoms with Crippen LogP contribution in [-0.4, -0.2) is 40.6 Å². The van der Waals surface area contributed by atoms with Gasteiger partial charge in [-0.1, -0.05) is 41.7 Å². The van der Waals surface area contributed by atoms with E-state index in [1.165, 1.54) is 0 Å². The van der Waals surface area contributed by atoms with E-state index in [9.17, 15) is 4.79 Å². The second kappa shape index (κ2) is 8.28. The Hall–Kier alpha value is -2.58. The normalized spacial score (nSPS) is 18.8. The molecule has 0 bridgehead atoms. The van der Waals surface area contributed by atoms with Gasteiger partial charge >= 0.3 is 0 Å². The largest absolute Gasteiger partial charge is 0.378 e. The number of nitrogens with zero attached hydrogens (tertiary/aromatic N) is 4. The number of carbonyl (C=O) groups is 1. The van der Waals surface area contributed by atoms with Crippen molar-refractivity contribution in [2.24, 2.45) is 0 Å². The van der Waals surface area contributed by atoms with Crippen LogP contribution in [0.3, 0.4) is 0 Å². The van der Waals surface area contributed by atoms with E-state index in [-0.39, 0.29) is 11.9 Å². The average molecular weight is 424 g/mol. The van der Waals surface area contributed by atoms with E-state index in [1.54, 1.807) is 18.4 Å². The molecule has 1 amide bonds. The number of aromatic nitrogens is 3. The Morgan fingerprint density at radius 3 is 2.80 bits per heavy atom. The lowest BCUT2D eigenvalue weighted by molar-refractivity contribution is -0.122. The van der Waals surface area contributed by atoms with Crippen LogP contribution in [0, 0.1) is 0 Å². The summed E-state index contributed by atoms with van der Waals surface area (Å²) in [5, 5.41) is 3.94. The number of amides is 1. The second-order valence-corrected chi connectivity index (χ2v) is 8.92. The molecule has 156 valence electrons. The van der Waals surface area contributed by atoms with Crippen molar-refractivity contribution in [2.45, 2.75) is 50.8 Å². The first-order valence-corrected chi connectivity index (χ1v) is 11.3. The van der Waals surface area contributed by atoms with Gasteiger partial charge < -0.3 is 15.0 Å². The van der Waals surface area contributed by atoms with Crippen molar-refractivity contribution in [1.29, 1.82) is 0 Å². The molecule has 3 heterocycles. The number of nitrogens with one attached hydrogen (secondary N) is 1. The molecule has 0 radical (unpaired) electrons. The standard InChI is InChI=1S/C22H25N5O2S/c1-29-13-16-18-20(25-19(24-16)15-9-10-15)26-22(30-18)27-11-5-8-17(27)21(28)23-12-14-6-3-2-4-7-14/h2-4,6-7,15,17H,5,8-13H2,1H3,(H,23,28)/t17-/m1/s1. The molecule has 1 saturated heterocycles. The minimum absolute atomic E-state index is 0.0532. The molecule has 7 nitrogen and oxygen atoms in total. The van der Waals surface area contributed by atoms with Gasteiger partial charge in [-0.25, -0.2) is 9.97 Å². The summed E-state index contributed by atoms with van der Waals surface area (Å²) < 4.78 is 6.33. The fraction of sp³-hybridized carbons (Fsp3) is 0.455. The number of thiazole rings is 1. The van der Waals surface area contributed by atoms with Gasteiger partial charge in [0.05, 0.1) is 17.0 Å². The van der Waals surface area contributed by atoms with Crippen LogP contribution in [-0.2, 0) is 22.7 Å². The summed E-state index contributed by atoms with van der Waals surface area (Å²) in [7, 11) is 1.68. The van der Waals surface area contributed by atoms with E-state index in [0.717, 1.165) is 64.8 Å². The van der Waals surface area contributed by atoms with Gasteiger partial charge in [0.2, 0.25) is 5.91 Å². The highest BCUT2D eigenvalue weighted by molar-refractivity contribution is 7.22. The first kappa shape index (κ1) is 19.4. The quantitative estimate of drug-likeness (QED) is 0.627. The highest BCUT2D eigenvalue weighted by Gasteiger charge is 2.34. The van der Waals surface area contributed by atoms with Crippen LogP contribution >= 0.6 is 11.3 Å². The molecular formula is C22H25N5O2S. The average Bonchev–Trinajstić information content (AvgIpc) is 3.34. The van der Waals surface area contributed by atoms with Crippen molar-refractivity contribution in [2.75, 3.05) is 18.6 Å². The first-order valence-electron chi connectivity index (χ1n) is 10.5. The summed E-state index contributed by atoms with van der Waals surface area (Å²) in [5.41, 5.74) is 2.73. The molecule has 3 aromatic rings. The van der Waals surface area contributed by atoms with Crippen molar-refractivity contribution in [3.05, 3.63) is 47.4 Å². The number of benzene rings is 1. The third kappa shape index (κ3) is 3.89. The molecule has 0 spiro atoms. The number of fused-ring (bicyclic) bond motifs is 1. The van der Waals surface area contributed by atoms with Crippen LogP contribution in [0.25, 0.3) is 10.3 Å². The van der Waals surface area contributed by atoms with Crippen LogP contribution in [0.2, 0.25) is 0 Å². The summed E-state index contributed by atoms with van der Waals surface area (Å²) in [4.78, 5) is 29.3. The third-order valence-corrected chi connectivity index (χ3v) is 6.80. The fourth-order valence-corrected chi connectivity index (χ4v) is 5.00. The van der Waals surface area contributed by atoms with Gasteiger partial charge in [0, 0.05) is 26.1 Å². The number of hydrogen-bond donors (Lipinski definition) is 1. The number of carbonyl (C=O) groups excluding carboxylic acids is 1. The SMILES string of the molecule is COCc1nc(C2CC2)nc2nc(N3CCC[C@@H]3C(=O)NCc3ccccc3)sc12. The molecule has 1 atom stereocenters. The Labute approximate surface area is 179 Å². The zero-order chi connectivity index (χ0) is 20.5. The molecule has 30 heavy (non-hydrogen) atoms. The van der Waals surface area contributed by atoms with Gasteiger partial charge in [0.1, 0.15) is 11.9 Å². The molecule has 0 unspecified atom stereocenters. The summed E-state index contributed by atoms with van der Waals surface area (Å²) in [6.45, 7) is 1.81. The van der Waals surface area contributed by atoms with Crippen LogP contribution in [0.1, 0.15) is 48.7 Å². The van der Waals surface area contributed by atoms with Crippen LogP contribution in [0.15, 0.2) is 30.3 Å². The Morgan fingerprint density at radius 1 is 1.20 bits per heavy atom. The molecule has 2 aromatic heterocycles. The number of rotatable bonds is 7. The lowest BCUT2D eigenvalue weighted by Gasteiger charge is -2.23. The predicted octanol–water partition coefficient (Wildman–Crippen LogP) is 3.40. The number of hydrogen-bond acceptors (Lipinski definition) is 7. The Kier molecular flexibility index (Phi) is 5.35. The summed E-state index contributed by atoms with van der Waals surface area (Å²) in [6, 6.07) is 9.79. The van der Waals surface area contributed by atoms with Crippen molar-refractivity contribution < 1.29 is 9.53 Å². The van der Waals surface area contributed by atoms with Gasteiger partial charge in [-0.05, 0) is 31.2 Å². The maximum Gasteiger partial charge on any atom is 0.243 e. The third-order valence-electron chi connectivity index (χ3n) is 5.66. The molecule has 2 fully saturated rings. The van der Waals surface area contributed by atoms with Gasteiger partial charge in [-0.3, -0.25) is 4.79 Å². The number of methoxy groups -OCH3 is 1. The van der Waals surface area contributed by atoms with E-state index in [4.69, 9.17) is 19.7 Å². The molecule has 1 aromatic carbocycles. The molecule has 1 saturated carbocycles. The lowest BCUT2D eigenvalue weighted by Crippen LogP contribution is -2.43. The monoisotopic (exact) mass is 423 g/mol. The van der Waals surface area contributed by atoms with Crippen molar-refractivity contribution in [3.8, 4) is 0 Å². The molecule has 2 aliphatic rings. The molecule has 1 aliphatic heterocycles. The van der Waals surface area contributed by atoms with Crippen molar-refractivity contribution in [1.82, 2.24) is 20.3 Å². The van der Waals surface area contributed by atoms with Crippen LogP contribution < -0.4 is 10.2 Å². The van der Waals surface area contributed by atoms with Crippen molar-refractivity contribution >= 4 is 32.7 Å². The van der Waals surface area contributed by atoms with Gasteiger partial charge in [-0.2, -0.15) is 4.98 Å². The minimum Gasteiger partial charge on any atom is -0.378 e. The molecule has 5 rings (SSSR count). The Balaban J connectivity index is 1.38. The fourth-order valence-electron chi connectivity index (χ4n) is 3.94. The van der Waals surface area contributed by atoms with E-state index in [1.807, 2.05) is 30.3 Å². The summed E-state index contributed by atoms with van der Waals surface area (Å²) in [6.07, 6.45) is 4.10. The maximum absolute atomic E-state index is 12.9. The van der Waals surface area contributed by atoms with Crippen LogP contribution in [0.4, 0.5) is 5.13 Å². The first-order chi connectivity index (χ1) is 14.7. The minimum atomic E-state index is -0.198. The molecular weight excluding hydrogens is 398 g/mol. The summed E-state index contributed by atoms with van der Waals surface area (Å²) in [5.74, 6) is 1.39. The second-order valence-electron chi connectivity index (χ2n) is 7.94. The van der Waals surface area contributed by atoms with Crippen LogP contribution in [0.5, 0.6) is 0 Å². The van der Waals surface area contributed by atoms with Gasteiger partial charge in [0.25, 0.3) is 0 Å². The summed E-state index contributed by atoms with van der Waals surface area (Å²) >= 11 is 1.57. The van der Waals surface area contributed by atoms with E-state index >= 15 is 0 Å². The number of anilines is 1. The number of ether oxygens (including phenoxy) is 1. The molecule has 1 N–H and O–H groups in total. The smallest absolute Gasteiger partial charge is 0.243 e.